The SMILES string of the molecule is CNCc1ccc(Cn2ccnc2)o1. The Kier molecular flexibility index (Phi) is 2.65. The first-order valence-electron chi connectivity index (χ1n) is 4.56. The Labute approximate surface area is 82.6 Å². The molecule has 0 amide bonds. The first kappa shape index (κ1) is 9.02. The minimum atomic E-state index is 0.740. The summed E-state index contributed by atoms with van der Waals surface area (Å²) >= 11 is 0. The molecule has 0 aliphatic rings. The van der Waals surface area contributed by atoms with E-state index in [1.165, 1.54) is 0 Å². The predicted octanol–water partition coefficient (Wildman–Crippen LogP) is 1.24. The second kappa shape index (κ2) is 4.11. The Bertz CT molecular complexity index is 378. The molecule has 0 atom stereocenters. The molecule has 1 N–H and O–H groups in total. The lowest BCUT2D eigenvalue weighted by molar-refractivity contribution is 0.444. The molecule has 2 heterocycles. The summed E-state index contributed by atoms with van der Waals surface area (Å²) in [7, 11) is 1.90. The van der Waals surface area contributed by atoms with Gasteiger partial charge in [0.1, 0.15) is 11.5 Å². The van der Waals surface area contributed by atoms with Crippen molar-refractivity contribution in [2.24, 2.45) is 0 Å². The number of hydrogen-bond donors (Lipinski definition) is 1. The van der Waals surface area contributed by atoms with E-state index in [-0.39, 0.29) is 0 Å². The first-order chi connectivity index (χ1) is 6.88. The number of aromatic nitrogens is 2. The molecule has 0 spiro atoms. The zero-order valence-electron chi connectivity index (χ0n) is 8.10. The highest BCUT2D eigenvalue weighted by Gasteiger charge is 2.01. The number of rotatable bonds is 4. The van der Waals surface area contributed by atoms with Crippen molar-refractivity contribution in [3.05, 3.63) is 42.4 Å². The maximum atomic E-state index is 5.59. The van der Waals surface area contributed by atoms with Gasteiger partial charge in [0.25, 0.3) is 0 Å². The second-order valence-corrected chi connectivity index (χ2v) is 3.13. The van der Waals surface area contributed by atoms with Crippen molar-refractivity contribution in [1.82, 2.24) is 14.9 Å². The number of furan rings is 1. The van der Waals surface area contributed by atoms with Gasteiger partial charge < -0.3 is 14.3 Å². The Morgan fingerprint density at radius 3 is 3.00 bits per heavy atom. The van der Waals surface area contributed by atoms with Gasteiger partial charge in [-0.05, 0) is 19.2 Å². The highest BCUT2D eigenvalue weighted by molar-refractivity contribution is 5.07. The van der Waals surface area contributed by atoms with Crippen LogP contribution in [-0.2, 0) is 13.1 Å². The van der Waals surface area contributed by atoms with Crippen molar-refractivity contribution in [3.8, 4) is 0 Å². The molecule has 0 fully saturated rings. The van der Waals surface area contributed by atoms with Crippen LogP contribution in [0, 0.1) is 0 Å². The van der Waals surface area contributed by atoms with Crippen LogP contribution in [0.25, 0.3) is 0 Å². The summed E-state index contributed by atoms with van der Waals surface area (Å²) < 4.78 is 7.56. The zero-order valence-corrected chi connectivity index (χ0v) is 8.10. The summed E-state index contributed by atoms with van der Waals surface area (Å²) in [6, 6.07) is 3.98. The lowest BCUT2D eigenvalue weighted by Gasteiger charge is -1.97. The fourth-order valence-electron chi connectivity index (χ4n) is 1.34. The Hall–Kier alpha value is -1.55. The van der Waals surface area contributed by atoms with Crippen molar-refractivity contribution >= 4 is 0 Å². The van der Waals surface area contributed by atoms with Gasteiger partial charge in [0.15, 0.2) is 0 Å². The van der Waals surface area contributed by atoms with Crippen molar-refractivity contribution in [1.29, 1.82) is 0 Å². The Morgan fingerprint density at radius 1 is 1.43 bits per heavy atom. The topological polar surface area (TPSA) is 43.0 Å². The van der Waals surface area contributed by atoms with Crippen LogP contribution in [0.2, 0.25) is 0 Å². The summed E-state index contributed by atoms with van der Waals surface area (Å²) in [6.45, 7) is 1.51. The van der Waals surface area contributed by atoms with Crippen LogP contribution in [0.4, 0.5) is 0 Å². The molecule has 0 saturated carbocycles. The highest BCUT2D eigenvalue weighted by Crippen LogP contribution is 2.08. The third kappa shape index (κ3) is 2.03. The van der Waals surface area contributed by atoms with Gasteiger partial charge in [0, 0.05) is 12.4 Å². The van der Waals surface area contributed by atoms with Gasteiger partial charge in [0.05, 0.1) is 19.4 Å². The Morgan fingerprint density at radius 2 is 2.29 bits per heavy atom. The van der Waals surface area contributed by atoms with Crippen LogP contribution in [0.5, 0.6) is 0 Å². The van der Waals surface area contributed by atoms with Gasteiger partial charge in [0.2, 0.25) is 0 Å². The third-order valence-corrected chi connectivity index (χ3v) is 1.97. The third-order valence-electron chi connectivity index (χ3n) is 1.97. The number of nitrogens with zero attached hydrogens (tertiary/aromatic N) is 2. The van der Waals surface area contributed by atoms with Crippen molar-refractivity contribution in [2.45, 2.75) is 13.1 Å². The molecule has 2 aromatic rings. The van der Waals surface area contributed by atoms with Crippen LogP contribution in [0.1, 0.15) is 11.5 Å². The van der Waals surface area contributed by atoms with Crippen molar-refractivity contribution < 1.29 is 4.42 Å². The van der Waals surface area contributed by atoms with Crippen molar-refractivity contribution in [2.75, 3.05) is 7.05 Å². The molecule has 0 saturated heterocycles. The van der Waals surface area contributed by atoms with Gasteiger partial charge in [-0.25, -0.2) is 4.98 Å². The van der Waals surface area contributed by atoms with Gasteiger partial charge in [-0.15, -0.1) is 0 Å². The van der Waals surface area contributed by atoms with Gasteiger partial charge >= 0.3 is 0 Å². The molecule has 2 aromatic heterocycles. The number of nitrogens with one attached hydrogen (secondary N) is 1. The molecule has 0 aromatic carbocycles. The van der Waals surface area contributed by atoms with E-state index in [1.54, 1.807) is 12.5 Å². The quantitative estimate of drug-likeness (QED) is 0.790. The summed E-state index contributed by atoms with van der Waals surface area (Å²) in [6.07, 6.45) is 5.46. The summed E-state index contributed by atoms with van der Waals surface area (Å²) in [5.41, 5.74) is 0. The molecule has 4 nitrogen and oxygen atoms in total. The normalized spacial score (nSPS) is 10.6. The second-order valence-electron chi connectivity index (χ2n) is 3.13. The van der Waals surface area contributed by atoms with E-state index in [1.807, 2.05) is 29.9 Å². The van der Waals surface area contributed by atoms with E-state index >= 15 is 0 Å². The standard InChI is InChI=1S/C10H13N3O/c1-11-6-9-2-3-10(14-9)7-13-5-4-12-8-13/h2-5,8,11H,6-7H2,1H3. The van der Waals surface area contributed by atoms with E-state index in [2.05, 4.69) is 10.3 Å². The molecule has 0 bridgehead atoms. The lowest BCUT2D eigenvalue weighted by Crippen LogP contribution is -2.03. The van der Waals surface area contributed by atoms with Gasteiger partial charge in [-0.3, -0.25) is 0 Å². The average molecular weight is 191 g/mol. The van der Waals surface area contributed by atoms with E-state index in [0.29, 0.717) is 0 Å². The van der Waals surface area contributed by atoms with Crippen molar-refractivity contribution in [3.63, 3.8) is 0 Å². The average Bonchev–Trinajstić information content (AvgIpc) is 2.79. The molecular weight excluding hydrogens is 178 g/mol. The molecule has 14 heavy (non-hydrogen) atoms. The van der Waals surface area contributed by atoms with E-state index in [4.69, 9.17) is 4.42 Å². The first-order valence-corrected chi connectivity index (χ1v) is 4.56. The Balaban J connectivity index is 2.03. The summed E-state index contributed by atoms with van der Waals surface area (Å²) in [5, 5.41) is 3.04. The van der Waals surface area contributed by atoms with Crippen LogP contribution in [0.3, 0.4) is 0 Å². The van der Waals surface area contributed by atoms with Crippen LogP contribution < -0.4 is 5.32 Å². The van der Waals surface area contributed by atoms with Gasteiger partial charge in [-0.1, -0.05) is 0 Å². The maximum absolute atomic E-state index is 5.59. The molecule has 0 unspecified atom stereocenters. The van der Waals surface area contributed by atoms with Crippen LogP contribution >= 0.6 is 0 Å². The predicted molar refractivity (Wildman–Crippen MR) is 52.8 cm³/mol. The summed E-state index contributed by atoms with van der Waals surface area (Å²) in [5.74, 6) is 1.91. The van der Waals surface area contributed by atoms with E-state index in [0.717, 1.165) is 24.6 Å². The lowest BCUT2D eigenvalue weighted by atomic mass is 10.4. The summed E-state index contributed by atoms with van der Waals surface area (Å²) in [4.78, 5) is 3.97. The fraction of sp³-hybridized carbons (Fsp3) is 0.300. The largest absolute Gasteiger partial charge is 0.463 e. The van der Waals surface area contributed by atoms with Crippen LogP contribution in [0.15, 0.2) is 35.3 Å². The zero-order chi connectivity index (χ0) is 9.80. The smallest absolute Gasteiger partial charge is 0.123 e. The minimum absolute atomic E-state index is 0.740. The van der Waals surface area contributed by atoms with Gasteiger partial charge in [-0.2, -0.15) is 0 Å². The highest BCUT2D eigenvalue weighted by atomic mass is 16.3. The maximum Gasteiger partial charge on any atom is 0.123 e. The number of hydrogen-bond acceptors (Lipinski definition) is 3. The monoisotopic (exact) mass is 191 g/mol. The minimum Gasteiger partial charge on any atom is -0.463 e. The molecule has 74 valence electrons. The molecule has 4 heteroatoms. The molecular formula is C10H13N3O. The molecule has 0 radical (unpaired) electrons. The number of imidazole rings is 1. The molecule has 0 aliphatic carbocycles. The van der Waals surface area contributed by atoms with E-state index < -0.39 is 0 Å². The molecule has 2 rings (SSSR count). The fourth-order valence-corrected chi connectivity index (χ4v) is 1.34. The molecule has 0 aliphatic heterocycles. The van der Waals surface area contributed by atoms with E-state index in [9.17, 15) is 0 Å². The van der Waals surface area contributed by atoms with Crippen LogP contribution in [-0.4, -0.2) is 16.6 Å².